The van der Waals surface area contributed by atoms with Crippen LogP contribution in [0.25, 0.3) is 0 Å². The van der Waals surface area contributed by atoms with Crippen LogP contribution >= 0.6 is 0 Å². The summed E-state index contributed by atoms with van der Waals surface area (Å²) in [6, 6.07) is 8.56. The van der Waals surface area contributed by atoms with E-state index in [4.69, 9.17) is 0 Å². The molecule has 2 rings (SSSR count). The van der Waals surface area contributed by atoms with E-state index in [1.807, 2.05) is 6.92 Å². The van der Waals surface area contributed by atoms with E-state index in [1.54, 1.807) is 0 Å². The summed E-state index contributed by atoms with van der Waals surface area (Å²) in [7, 11) is 0. The van der Waals surface area contributed by atoms with Gasteiger partial charge in [-0.3, -0.25) is 9.69 Å². The molecule has 98 valence electrons. The van der Waals surface area contributed by atoms with Crippen LogP contribution < -0.4 is 0 Å². The van der Waals surface area contributed by atoms with E-state index in [1.165, 1.54) is 11.1 Å². The van der Waals surface area contributed by atoms with Crippen molar-refractivity contribution in [2.24, 2.45) is 5.92 Å². The van der Waals surface area contributed by atoms with Crippen LogP contribution in [0.3, 0.4) is 0 Å². The van der Waals surface area contributed by atoms with Crippen LogP contribution in [0.1, 0.15) is 30.9 Å². The van der Waals surface area contributed by atoms with Gasteiger partial charge >= 0.3 is 5.97 Å². The molecule has 0 bridgehead atoms. The standard InChI is InChI=1S/C15H21NO2/c1-11-5-3-6-13(9-11)10-16-8-4-7-14(12(16)2)15(17)18/h3,5-6,9,12,14H,4,7-8,10H2,1-2H3,(H,17,18)/t12-,14-/m1/s1. The normalized spacial score (nSPS) is 25.0. The smallest absolute Gasteiger partial charge is 0.308 e. The molecule has 0 unspecified atom stereocenters. The lowest BCUT2D eigenvalue weighted by atomic mass is 9.90. The Kier molecular flexibility index (Phi) is 4.02. The number of carboxylic acids is 1. The Balaban J connectivity index is 2.06. The van der Waals surface area contributed by atoms with Crippen molar-refractivity contribution in [2.45, 2.75) is 39.3 Å². The zero-order valence-electron chi connectivity index (χ0n) is 11.1. The number of likely N-dealkylation sites (tertiary alicyclic amines) is 1. The van der Waals surface area contributed by atoms with E-state index < -0.39 is 5.97 Å². The zero-order chi connectivity index (χ0) is 13.1. The van der Waals surface area contributed by atoms with Gasteiger partial charge in [-0.2, -0.15) is 0 Å². The second-order valence-electron chi connectivity index (χ2n) is 5.29. The largest absolute Gasteiger partial charge is 0.481 e. The number of aryl methyl sites for hydroxylation is 1. The van der Waals surface area contributed by atoms with Crippen molar-refractivity contribution in [1.29, 1.82) is 0 Å². The number of rotatable bonds is 3. The van der Waals surface area contributed by atoms with Crippen LogP contribution in [-0.4, -0.2) is 28.6 Å². The fourth-order valence-corrected chi connectivity index (χ4v) is 2.81. The van der Waals surface area contributed by atoms with E-state index in [-0.39, 0.29) is 12.0 Å². The number of aliphatic carboxylic acids is 1. The molecule has 1 aromatic rings. The molecule has 18 heavy (non-hydrogen) atoms. The number of carboxylic acid groups (broad SMARTS) is 1. The van der Waals surface area contributed by atoms with Gasteiger partial charge in [0, 0.05) is 12.6 Å². The van der Waals surface area contributed by atoms with Crippen molar-refractivity contribution in [1.82, 2.24) is 4.90 Å². The molecule has 1 fully saturated rings. The average Bonchev–Trinajstić information content (AvgIpc) is 2.31. The van der Waals surface area contributed by atoms with E-state index in [9.17, 15) is 9.90 Å². The maximum Gasteiger partial charge on any atom is 0.308 e. The van der Waals surface area contributed by atoms with Gasteiger partial charge in [0.1, 0.15) is 0 Å². The van der Waals surface area contributed by atoms with Gasteiger partial charge in [0.05, 0.1) is 5.92 Å². The minimum Gasteiger partial charge on any atom is -0.481 e. The Morgan fingerprint density at radius 2 is 2.28 bits per heavy atom. The molecule has 3 heteroatoms. The van der Waals surface area contributed by atoms with Crippen molar-refractivity contribution < 1.29 is 9.90 Å². The Morgan fingerprint density at radius 1 is 1.50 bits per heavy atom. The van der Waals surface area contributed by atoms with Crippen LogP contribution in [0.4, 0.5) is 0 Å². The van der Waals surface area contributed by atoms with Gasteiger partial charge < -0.3 is 5.11 Å². The fraction of sp³-hybridized carbons (Fsp3) is 0.533. The molecule has 0 aromatic heterocycles. The minimum atomic E-state index is -0.656. The van der Waals surface area contributed by atoms with Crippen LogP contribution in [0.5, 0.6) is 0 Å². The molecule has 2 atom stereocenters. The Hall–Kier alpha value is -1.35. The van der Waals surface area contributed by atoms with E-state index >= 15 is 0 Å². The van der Waals surface area contributed by atoms with Gasteiger partial charge in [-0.15, -0.1) is 0 Å². The molecule has 1 heterocycles. The number of carbonyl (C=O) groups is 1. The highest BCUT2D eigenvalue weighted by molar-refractivity contribution is 5.70. The Bertz CT molecular complexity index is 430. The maximum absolute atomic E-state index is 11.2. The molecule has 1 aromatic carbocycles. The molecule has 0 radical (unpaired) electrons. The second-order valence-corrected chi connectivity index (χ2v) is 5.29. The van der Waals surface area contributed by atoms with E-state index in [0.29, 0.717) is 0 Å². The lowest BCUT2D eigenvalue weighted by Crippen LogP contribution is -2.45. The SMILES string of the molecule is Cc1cccc(CN2CCC[C@@H](C(=O)O)[C@H]2C)c1. The highest BCUT2D eigenvalue weighted by atomic mass is 16.4. The van der Waals surface area contributed by atoms with Crippen LogP contribution in [0.15, 0.2) is 24.3 Å². The molecule has 0 amide bonds. The van der Waals surface area contributed by atoms with Gasteiger partial charge in [0.25, 0.3) is 0 Å². The van der Waals surface area contributed by atoms with Crippen LogP contribution in [0, 0.1) is 12.8 Å². The molecular weight excluding hydrogens is 226 g/mol. The molecule has 1 saturated heterocycles. The summed E-state index contributed by atoms with van der Waals surface area (Å²) >= 11 is 0. The Labute approximate surface area is 108 Å². The van der Waals surface area contributed by atoms with Crippen molar-refractivity contribution in [2.75, 3.05) is 6.54 Å². The third kappa shape index (κ3) is 2.91. The summed E-state index contributed by atoms with van der Waals surface area (Å²) in [5.74, 6) is -0.875. The first-order valence-corrected chi connectivity index (χ1v) is 6.60. The monoisotopic (exact) mass is 247 g/mol. The summed E-state index contributed by atoms with van der Waals surface area (Å²) in [6.45, 7) is 5.97. The first-order chi connectivity index (χ1) is 8.58. The van der Waals surface area contributed by atoms with Crippen LogP contribution in [0.2, 0.25) is 0 Å². The molecule has 1 aliphatic rings. The van der Waals surface area contributed by atoms with Crippen LogP contribution in [-0.2, 0) is 11.3 Å². The van der Waals surface area contributed by atoms with Crippen molar-refractivity contribution in [3.63, 3.8) is 0 Å². The van der Waals surface area contributed by atoms with Gasteiger partial charge in [-0.05, 0) is 38.8 Å². The summed E-state index contributed by atoms with van der Waals surface area (Å²) < 4.78 is 0. The van der Waals surface area contributed by atoms with Gasteiger partial charge in [-0.1, -0.05) is 29.8 Å². The number of nitrogens with zero attached hydrogens (tertiary/aromatic N) is 1. The van der Waals surface area contributed by atoms with Crippen molar-refractivity contribution in [3.8, 4) is 0 Å². The molecule has 3 nitrogen and oxygen atoms in total. The van der Waals surface area contributed by atoms with E-state index in [2.05, 4.69) is 36.1 Å². The predicted octanol–water partition coefficient (Wildman–Crippen LogP) is 2.68. The number of benzene rings is 1. The molecular formula is C15H21NO2. The summed E-state index contributed by atoms with van der Waals surface area (Å²) in [5, 5.41) is 9.21. The number of hydrogen-bond acceptors (Lipinski definition) is 2. The third-order valence-electron chi connectivity index (χ3n) is 3.90. The quantitative estimate of drug-likeness (QED) is 0.892. The lowest BCUT2D eigenvalue weighted by Gasteiger charge is -2.37. The second kappa shape index (κ2) is 5.53. The topological polar surface area (TPSA) is 40.5 Å². The van der Waals surface area contributed by atoms with E-state index in [0.717, 1.165) is 25.9 Å². The number of piperidine rings is 1. The minimum absolute atomic E-state index is 0.122. The third-order valence-corrected chi connectivity index (χ3v) is 3.90. The summed E-state index contributed by atoms with van der Waals surface area (Å²) in [6.07, 6.45) is 1.79. The average molecular weight is 247 g/mol. The summed E-state index contributed by atoms with van der Waals surface area (Å²) in [5.41, 5.74) is 2.53. The zero-order valence-corrected chi connectivity index (χ0v) is 11.1. The molecule has 0 spiro atoms. The van der Waals surface area contributed by atoms with Crippen molar-refractivity contribution in [3.05, 3.63) is 35.4 Å². The lowest BCUT2D eigenvalue weighted by molar-refractivity contribution is -0.145. The summed E-state index contributed by atoms with van der Waals surface area (Å²) in [4.78, 5) is 13.5. The molecule has 1 N–H and O–H groups in total. The van der Waals surface area contributed by atoms with Gasteiger partial charge in [0.2, 0.25) is 0 Å². The highest BCUT2D eigenvalue weighted by Gasteiger charge is 2.32. The van der Waals surface area contributed by atoms with Crippen molar-refractivity contribution >= 4 is 5.97 Å². The highest BCUT2D eigenvalue weighted by Crippen LogP contribution is 2.25. The predicted molar refractivity (Wildman–Crippen MR) is 71.4 cm³/mol. The molecule has 1 aliphatic heterocycles. The van der Waals surface area contributed by atoms with Gasteiger partial charge in [-0.25, -0.2) is 0 Å². The maximum atomic E-state index is 11.2. The Morgan fingerprint density at radius 3 is 2.94 bits per heavy atom. The first kappa shape index (κ1) is 13.1. The fourth-order valence-electron chi connectivity index (χ4n) is 2.81. The van der Waals surface area contributed by atoms with Gasteiger partial charge in [0.15, 0.2) is 0 Å². The number of hydrogen-bond donors (Lipinski definition) is 1. The molecule has 0 aliphatic carbocycles. The molecule has 0 saturated carbocycles. The first-order valence-electron chi connectivity index (χ1n) is 6.60.